The van der Waals surface area contributed by atoms with Gasteiger partial charge in [-0.15, -0.1) is 0 Å². The Hall–Kier alpha value is -2.95. The first kappa shape index (κ1) is 25.2. The van der Waals surface area contributed by atoms with Crippen molar-refractivity contribution >= 4 is 69.8 Å². The number of anilines is 2. The maximum absolute atomic E-state index is 13.5. The summed E-state index contributed by atoms with van der Waals surface area (Å²) in [7, 11) is 0. The fraction of sp³-hybridized carbons (Fsp3) is 0.115. The molecule has 35 heavy (non-hydrogen) atoms. The molecular weight excluding hydrogens is 525 g/mol. The van der Waals surface area contributed by atoms with Crippen LogP contribution in [0.2, 0.25) is 15.1 Å². The van der Waals surface area contributed by atoms with E-state index in [1.807, 2.05) is 25.1 Å². The highest BCUT2D eigenvalue weighted by Crippen LogP contribution is 2.42. The summed E-state index contributed by atoms with van der Waals surface area (Å²) in [6, 6.07) is 21.1. The van der Waals surface area contributed by atoms with E-state index in [0.29, 0.717) is 32.9 Å². The van der Waals surface area contributed by atoms with Crippen molar-refractivity contribution in [2.24, 2.45) is 0 Å². The molecule has 0 saturated carbocycles. The SMILES string of the molecule is Cc1ccc(NC(=O)/C(C#N)=C2\SC(Cc3ccc(Cl)c(Cl)c3)C(=O)N2c2ccc(Cl)cc2)cc1. The molecule has 0 spiro atoms. The molecule has 1 aliphatic rings. The molecule has 0 aromatic heterocycles. The minimum atomic E-state index is -0.596. The lowest BCUT2D eigenvalue weighted by Crippen LogP contribution is -2.30. The average Bonchev–Trinajstić information content (AvgIpc) is 3.14. The first-order valence-corrected chi connectivity index (χ1v) is 12.5. The highest BCUT2D eigenvalue weighted by atomic mass is 35.5. The van der Waals surface area contributed by atoms with Gasteiger partial charge in [-0.25, -0.2) is 0 Å². The van der Waals surface area contributed by atoms with Gasteiger partial charge in [-0.2, -0.15) is 5.26 Å². The standard InChI is InChI=1S/C26H18Cl3N3O2S/c1-15-2-7-18(8-3-15)31-24(33)20(14-30)26-32(19-9-5-17(27)6-10-19)25(34)23(35-26)13-16-4-11-21(28)22(29)12-16/h2-12,23H,13H2,1H3,(H,31,33)/b26-20-. The number of hydrogen-bond acceptors (Lipinski definition) is 4. The van der Waals surface area contributed by atoms with Crippen molar-refractivity contribution in [1.82, 2.24) is 0 Å². The molecule has 1 atom stereocenters. The zero-order valence-electron chi connectivity index (χ0n) is 18.4. The second-order valence-corrected chi connectivity index (χ2v) is 10.3. The van der Waals surface area contributed by atoms with Crippen LogP contribution in [0.1, 0.15) is 11.1 Å². The molecule has 1 N–H and O–H groups in total. The Morgan fingerprint density at radius 1 is 1.03 bits per heavy atom. The molecule has 9 heteroatoms. The maximum Gasteiger partial charge on any atom is 0.269 e. The van der Waals surface area contributed by atoms with Crippen molar-refractivity contribution in [2.45, 2.75) is 18.6 Å². The lowest BCUT2D eigenvalue weighted by Gasteiger charge is -2.19. The van der Waals surface area contributed by atoms with E-state index in [1.54, 1.807) is 54.6 Å². The van der Waals surface area contributed by atoms with Crippen molar-refractivity contribution in [1.29, 1.82) is 5.26 Å². The summed E-state index contributed by atoms with van der Waals surface area (Å²) >= 11 is 19.4. The predicted octanol–water partition coefficient (Wildman–Crippen LogP) is 7.02. The average molecular weight is 543 g/mol. The van der Waals surface area contributed by atoms with Crippen LogP contribution >= 0.6 is 46.6 Å². The molecule has 3 aromatic carbocycles. The molecule has 1 saturated heterocycles. The van der Waals surface area contributed by atoms with Gasteiger partial charge in [0.05, 0.1) is 15.3 Å². The van der Waals surface area contributed by atoms with E-state index >= 15 is 0 Å². The largest absolute Gasteiger partial charge is 0.321 e. The lowest BCUT2D eigenvalue weighted by atomic mass is 10.1. The maximum atomic E-state index is 13.5. The predicted molar refractivity (Wildman–Crippen MR) is 143 cm³/mol. The van der Waals surface area contributed by atoms with Gasteiger partial charge < -0.3 is 5.32 Å². The number of aryl methyl sites for hydroxylation is 1. The van der Waals surface area contributed by atoms with Crippen molar-refractivity contribution < 1.29 is 9.59 Å². The van der Waals surface area contributed by atoms with Crippen LogP contribution in [0.4, 0.5) is 11.4 Å². The number of halogens is 3. The van der Waals surface area contributed by atoms with Gasteiger partial charge in [-0.3, -0.25) is 14.5 Å². The molecule has 3 aromatic rings. The fourth-order valence-corrected chi connectivity index (χ4v) is 5.28. The molecule has 5 nitrogen and oxygen atoms in total. The third-order valence-electron chi connectivity index (χ3n) is 5.30. The first-order chi connectivity index (χ1) is 16.8. The third kappa shape index (κ3) is 5.66. The lowest BCUT2D eigenvalue weighted by molar-refractivity contribution is -0.117. The van der Waals surface area contributed by atoms with Crippen LogP contribution < -0.4 is 10.2 Å². The molecule has 1 heterocycles. The monoisotopic (exact) mass is 541 g/mol. The minimum absolute atomic E-state index is 0.157. The second kappa shape index (κ2) is 10.8. The minimum Gasteiger partial charge on any atom is -0.321 e. The number of hydrogen-bond donors (Lipinski definition) is 1. The molecule has 1 aliphatic heterocycles. The fourth-order valence-electron chi connectivity index (χ4n) is 3.52. The molecule has 0 radical (unpaired) electrons. The Balaban J connectivity index is 1.72. The number of nitriles is 1. The van der Waals surface area contributed by atoms with E-state index < -0.39 is 11.2 Å². The molecule has 0 aliphatic carbocycles. The number of amides is 2. The summed E-state index contributed by atoms with van der Waals surface area (Å²) in [5, 5.41) is 13.7. The number of rotatable bonds is 5. The van der Waals surface area contributed by atoms with E-state index in [-0.39, 0.29) is 16.5 Å². The number of nitrogens with one attached hydrogen (secondary N) is 1. The van der Waals surface area contributed by atoms with Crippen LogP contribution in [0.25, 0.3) is 0 Å². The zero-order valence-corrected chi connectivity index (χ0v) is 21.5. The Morgan fingerprint density at radius 2 is 1.71 bits per heavy atom. The second-order valence-electron chi connectivity index (χ2n) is 7.82. The van der Waals surface area contributed by atoms with Crippen molar-refractivity contribution in [3.63, 3.8) is 0 Å². The number of nitrogens with zero attached hydrogens (tertiary/aromatic N) is 2. The quantitative estimate of drug-likeness (QED) is 0.278. The molecule has 1 unspecified atom stereocenters. The number of carbonyl (C=O) groups is 2. The van der Waals surface area contributed by atoms with Crippen molar-refractivity contribution in [3.8, 4) is 6.07 Å². The summed E-state index contributed by atoms with van der Waals surface area (Å²) in [6.07, 6.45) is 0.340. The summed E-state index contributed by atoms with van der Waals surface area (Å²) < 4.78 is 0. The Morgan fingerprint density at radius 3 is 2.34 bits per heavy atom. The molecular formula is C26H18Cl3N3O2S. The highest BCUT2D eigenvalue weighted by Gasteiger charge is 2.40. The summed E-state index contributed by atoms with van der Waals surface area (Å²) in [6.45, 7) is 1.94. The third-order valence-corrected chi connectivity index (χ3v) is 7.56. The van der Waals surface area contributed by atoms with Gasteiger partial charge in [0.15, 0.2) is 0 Å². The van der Waals surface area contributed by atoms with E-state index in [9.17, 15) is 14.9 Å². The van der Waals surface area contributed by atoms with E-state index in [4.69, 9.17) is 34.8 Å². The normalized spacial score (nSPS) is 16.7. The van der Waals surface area contributed by atoms with Crippen LogP contribution in [-0.4, -0.2) is 17.1 Å². The van der Waals surface area contributed by atoms with Crippen LogP contribution in [-0.2, 0) is 16.0 Å². The van der Waals surface area contributed by atoms with E-state index in [1.165, 1.54) is 16.7 Å². The summed E-state index contributed by atoms with van der Waals surface area (Å²) in [4.78, 5) is 28.0. The zero-order chi connectivity index (χ0) is 25.1. The molecule has 176 valence electrons. The first-order valence-electron chi connectivity index (χ1n) is 10.5. The van der Waals surface area contributed by atoms with Gasteiger partial charge in [0.25, 0.3) is 5.91 Å². The Labute approximate surface area is 222 Å². The topological polar surface area (TPSA) is 73.2 Å². The van der Waals surface area contributed by atoms with E-state index in [2.05, 4.69) is 5.32 Å². The van der Waals surface area contributed by atoms with Crippen molar-refractivity contribution in [3.05, 3.63) is 104 Å². The van der Waals surface area contributed by atoms with Crippen LogP contribution in [0.5, 0.6) is 0 Å². The molecule has 4 rings (SSSR count). The molecule has 2 amide bonds. The Bertz CT molecular complexity index is 1370. The summed E-state index contributed by atoms with van der Waals surface area (Å²) in [5.74, 6) is -0.852. The van der Waals surface area contributed by atoms with Gasteiger partial charge in [0, 0.05) is 16.4 Å². The van der Waals surface area contributed by atoms with Gasteiger partial charge in [0.1, 0.15) is 16.7 Å². The smallest absolute Gasteiger partial charge is 0.269 e. The van der Waals surface area contributed by atoms with Crippen LogP contribution in [0, 0.1) is 18.3 Å². The van der Waals surface area contributed by atoms with Gasteiger partial charge in [0.2, 0.25) is 5.91 Å². The Kier molecular flexibility index (Phi) is 7.73. The van der Waals surface area contributed by atoms with Gasteiger partial charge in [-0.1, -0.05) is 70.3 Å². The molecule has 0 bridgehead atoms. The molecule has 1 fully saturated rings. The highest BCUT2D eigenvalue weighted by molar-refractivity contribution is 8.05. The number of benzene rings is 3. The van der Waals surface area contributed by atoms with Crippen molar-refractivity contribution in [2.75, 3.05) is 10.2 Å². The van der Waals surface area contributed by atoms with Crippen LogP contribution in [0.15, 0.2) is 77.3 Å². The number of carbonyl (C=O) groups excluding carboxylic acids is 2. The van der Waals surface area contributed by atoms with E-state index in [0.717, 1.165) is 11.1 Å². The summed E-state index contributed by atoms with van der Waals surface area (Å²) in [5.41, 5.74) is 2.75. The van der Waals surface area contributed by atoms with Crippen LogP contribution in [0.3, 0.4) is 0 Å². The number of thioether (sulfide) groups is 1. The van der Waals surface area contributed by atoms with Gasteiger partial charge >= 0.3 is 0 Å². The van der Waals surface area contributed by atoms with Gasteiger partial charge in [-0.05, 0) is 67.4 Å².